The quantitative estimate of drug-likeness (QED) is 0.746. The first-order chi connectivity index (χ1) is 7.74. The van der Waals surface area contributed by atoms with Crippen LogP contribution in [0.25, 0.3) is 0 Å². The molecular weight excluding hydrogens is 214 g/mol. The van der Waals surface area contributed by atoms with Crippen molar-refractivity contribution in [2.75, 3.05) is 6.54 Å². The zero-order chi connectivity index (χ0) is 11.4. The Morgan fingerprint density at radius 1 is 1.12 bits per heavy atom. The van der Waals surface area contributed by atoms with E-state index in [0.717, 1.165) is 35.7 Å². The molecule has 2 saturated carbocycles. The topological polar surface area (TPSA) is 12.0 Å². The van der Waals surface area contributed by atoms with Crippen molar-refractivity contribution in [3.63, 3.8) is 0 Å². The number of hydrogen-bond acceptors (Lipinski definition) is 1. The molecule has 0 amide bonds. The van der Waals surface area contributed by atoms with E-state index in [1.165, 1.54) is 44.9 Å². The van der Waals surface area contributed by atoms with Crippen LogP contribution in [0.3, 0.4) is 0 Å². The molecular formula is C14H25NS. The molecule has 2 rings (SSSR count). The average Bonchev–Trinajstić information content (AvgIpc) is 2.87. The van der Waals surface area contributed by atoms with Gasteiger partial charge >= 0.3 is 0 Å². The first-order valence-electron chi connectivity index (χ1n) is 7.00. The first kappa shape index (κ1) is 12.3. The van der Waals surface area contributed by atoms with Crippen molar-refractivity contribution < 1.29 is 0 Å². The highest BCUT2D eigenvalue weighted by molar-refractivity contribution is 7.80. The molecule has 0 spiro atoms. The van der Waals surface area contributed by atoms with Gasteiger partial charge in [0, 0.05) is 13.0 Å². The van der Waals surface area contributed by atoms with Crippen LogP contribution in [0.1, 0.15) is 58.3 Å². The van der Waals surface area contributed by atoms with Gasteiger partial charge < -0.3 is 5.32 Å². The lowest BCUT2D eigenvalue weighted by Gasteiger charge is -2.15. The molecule has 2 unspecified atom stereocenters. The normalized spacial score (nSPS) is 30.8. The molecule has 2 fully saturated rings. The molecule has 1 nitrogen and oxygen atoms in total. The van der Waals surface area contributed by atoms with Gasteiger partial charge in [0.05, 0.1) is 4.99 Å². The van der Waals surface area contributed by atoms with E-state index in [2.05, 4.69) is 12.2 Å². The minimum atomic E-state index is 0.874. The monoisotopic (exact) mass is 239 g/mol. The fourth-order valence-corrected chi connectivity index (χ4v) is 3.64. The lowest BCUT2D eigenvalue weighted by Crippen LogP contribution is -2.28. The Balaban J connectivity index is 1.60. The number of rotatable bonds is 4. The highest BCUT2D eigenvalue weighted by Crippen LogP contribution is 2.32. The van der Waals surface area contributed by atoms with Crippen molar-refractivity contribution >= 4 is 17.2 Å². The number of hydrogen-bond donors (Lipinski definition) is 1. The largest absolute Gasteiger partial charge is 0.379 e. The Morgan fingerprint density at radius 2 is 1.88 bits per heavy atom. The molecule has 92 valence electrons. The van der Waals surface area contributed by atoms with Gasteiger partial charge in [0.1, 0.15) is 0 Å². The van der Waals surface area contributed by atoms with Crippen LogP contribution in [-0.4, -0.2) is 11.5 Å². The van der Waals surface area contributed by atoms with E-state index in [9.17, 15) is 0 Å². The standard InChI is InChI=1S/C14H25NS/c1-11-6-7-13(8-11)9-14(16)15-10-12-4-2-3-5-12/h11-13H,2-10H2,1H3,(H,15,16). The maximum atomic E-state index is 5.45. The van der Waals surface area contributed by atoms with Gasteiger partial charge in [0.2, 0.25) is 0 Å². The minimum Gasteiger partial charge on any atom is -0.379 e. The smallest absolute Gasteiger partial charge is 0.0756 e. The van der Waals surface area contributed by atoms with Crippen LogP contribution in [0, 0.1) is 17.8 Å². The molecule has 1 N–H and O–H groups in total. The van der Waals surface area contributed by atoms with Crippen LogP contribution in [0.5, 0.6) is 0 Å². The van der Waals surface area contributed by atoms with Crippen molar-refractivity contribution in [2.45, 2.75) is 58.3 Å². The van der Waals surface area contributed by atoms with Gasteiger partial charge in [0.25, 0.3) is 0 Å². The third-order valence-electron chi connectivity index (χ3n) is 4.34. The predicted molar refractivity (Wildman–Crippen MR) is 73.7 cm³/mol. The summed E-state index contributed by atoms with van der Waals surface area (Å²) in [5.74, 6) is 2.71. The Bertz CT molecular complexity index is 233. The third-order valence-corrected chi connectivity index (χ3v) is 4.65. The summed E-state index contributed by atoms with van der Waals surface area (Å²) in [7, 11) is 0. The van der Waals surface area contributed by atoms with Crippen LogP contribution < -0.4 is 5.32 Å². The van der Waals surface area contributed by atoms with E-state index in [1.807, 2.05) is 0 Å². The van der Waals surface area contributed by atoms with Gasteiger partial charge in [-0.15, -0.1) is 0 Å². The van der Waals surface area contributed by atoms with Gasteiger partial charge in [-0.1, -0.05) is 38.4 Å². The Morgan fingerprint density at radius 3 is 2.50 bits per heavy atom. The number of nitrogens with one attached hydrogen (secondary N) is 1. The second kappa shape index (κ2) is 6.00. The molecule has 2 aliphatic rings. The summed E-state index contributed by atoms with van der Waals surface area (Å²) in [5, 5.41) is 3.50. The second-order valence-corrected chi connectivity index (χ2v) is 6.44. The predicted octanol–water partition coefficient (Wildman–Crippen LogP) is 3.92. The SMILES string of the molecule is CC1CCC(CC(=S)NCC2CCCC2)C1. The van der Waals surface area contributed by atoms with Crippen molar-refractivity contribution in [3.05, 3.63) is 0 Å². The maximum absolute atomic E-state index is 5.45. The molecule has 0 saturated heterocycles. The average molecular weight is 239 g/mol. The Kier molecular flexibility index (Phi) is 4.63. The second-order valence-electron chi connectivity index (χ2n) is 5.94. The van der Waals surface area contributed by atoms with Crippen molar-refractivity contribution in [1.82, 2.24) is 5.32 Å². The van der Waals surface area contributed by atoms with E-state index in [1.54, 1.807) is 0 Å². The maximum Gasteiger partial charge on any atom is 0.0756 e. The van der Waals surface area contributed by atoms with Gasteiger partial charge in [0.15, 0.2) is 0 Å². The van der Waals surface area contributed by atoms with Crippen LogP contribution in [0.15, 0.2) is 0 Å². The molecule has 0 aromatic heterocycles. The lowest BCUT2D eigenvalue weighted by atomic mass is 10.0. The van der Waals surface area contributed by atoms with E-state index in [-0.39, 0.29) is 0 Å². The highest BCUT2D eigenvalue weighted by Gasteiger charge is 2.22. The molecule has 0 heterocycles. The van der Waals surface area contributed by atoms with Crippen molar-refractivity contribution in [3.8, 4) is 0 Å². The third kappa shape index (κ3) is 3.73. The fraction of sp³-hybridized carbons (Fsp3) is 0.929. The van der Waals surface area contributed by atoms with Gasteiger partial charge in [-0.05, 0) is 43.4 Å². The Labute approximate surface area is 105 Å². The van der Waals surface area contributed by atoms with Gasteiger partial charge in [-0.25, -0.2) is 0 Å². The zero-order valence-corrected chi connectivity index (χ0v) is 11.3. The van der Waals surface area contributed by atoms with E-state index < -0.39 is 0 Å². The van der Waals surface area contributed by atoms with Gasteiger partial charge in [-0.3, -0.25) is 0 Å². The molecule has 0 radical (unpaired) electrons. The van der Waals surface area contributed by atoms with Crippen molar-refractivity contribution in [1.29, 1.82) is 0 Å². The minimum absolute atomic E-state index is 0.874. The van der Waals surface area contributed by atoms with Crippen LogP contribution in [0.4, 0.5) is 0 Å². The number of thiocarbonyl (C=S) groups is 1. The zero-order valence-electron chi connectivity index (χ0n) is 10.5. The molecule has 2 atom stereocenters. The van der Waals surface area contributed by atoms with Crippen LogP contribution in [0.2, 0.25) is 0 Å². The summed E-state index contributed by atoms with van der Waals surface area (Å²) in [4.78, 5) is 1.13. The molecule has 0 aliphatic heterocycles. The Hall–Kier alpha value is -0.110. The van der Waals surface area contributed by atoms with Crippen LogP contribution >= 0.6 is 12.2 Å². The van der Waals surface area contributed by atoms with Crippen molar-refractivity contribution in [2.24, 2.45) is 17.8 Å². The van der Waals surface area contributed by atoms with Gasteiger partial charge in [-0.2, -0.15) is 0 Å². The molecule has 0 aromatic carbocycles. The summed E-state index contributed by atoms with van der Waals surface area (Å²) in [6.45, 7) is 3.51. The molecule has 2 heteroatoms. The van der Waals surface area contributed by atoms with Crippen LogP contribution in [-0.2, 0) is 0 Å². The summed E-state index contributed by atoms with van der Waals surface area (Å²) in [6.07, 6.45) is 11.0. The molecule has 0 bridgehead atoms. The fourth-order valence-electron chi connectivity index (χ4n) is 3.32. The summed E-state index contributed by atoms with van der Waals surface area (Å²) < 4.78 is 0. The summed E-state index contributed by atoms with van der Waals surface area (Å²) in [5.41, 5.74) is 0. The molecule has 2 aliphatic carbocycles. The van der Waals surface area contributed by atoms with E-state index in [4.69, 9.17) is 12.2 Å². The summed E-state index contributed by atoms with van der Waals surface area (Å²) in [6, 6.07) is 0. The highest BCUT2D eigenvalue weighted by atomic mass is 32.1. The first-order valence-corrected chi connectivity index (χ1v) is 7.41. The summed E-state index contributed by atoms with van der Waals surface area (Å²) >= 11 is 5.45. The lowest BCUT2D eigenvalue weighted by molar-refractivity contribution is 0.512. The van der Waals surface area contributed by atoms with E-state index in [0.29, 0.717) is 0 Å². The molecule has 16 heavy (non-hydrogen) atoms. The molecule has 0 aromatic rings. The van der Waals surface area contributed by atoms with E-state index >= 15 is 0 Å².